The fraction of sp³-hybridized carbons (Fsp3) is 0.812. The summed E-state index contributed by atoms with van der Waals surface area (Å²) >= 11 is 0. The zero-order chi connectivity index (χ0) is 13.5. The maximum absolute atomic E-state index is 12.3. The Morgan fingerprint density at radius 2 is 2.05 bits per heavy atom. The lowest BCUT2D eigenvalue weighted by atomic mass is 10.0. The lowest BCUT2D eigenvalue weighted by molar-refractivity contribution is -0.118. The highest BCUT2D eigenvalue weighted by Gasteiger charge is 2.30. The first-order valence-electron chi connectivity index (χ1n) is 7.84. The average molecular weight is 302 g/mol. The molecule has 4 heteroatoms. The standard InChI is InChI=1S/C16H27NO2.ClH/c1-2-3-4-5-6-14-7-8-15(16(14)18)13-17-9-11-19-12-10-17;/h6,15H,2-5,7-13H2,1H3;1H. The van der Waals surface area contributed by atoms with Crippen LogP contribution in [0.15, 0.2) is 11.6 Å². The second-order valence-corrected chi connectivity index (χ2v) is 5.74. The molecule has 3 nitrogen and oxygen atoms in total. The highest BCUT2D eigenvalue weighted by molar-refractivity contribution is 5.99. The molecule has 20 heavy (non-hydrogen) atoms. The Morgan fingerprint density at radius 1 is 1.30 bits per heavy atom. The minimum atomic E-state index is 0. The maximum atomic E-state index is 12.3. The van der Waals surface area contributed by atoms with Gasteiger partial charge in [-0.25, -0.2) is 0 Å². The highest BCUT2D eigenvalue weighted by atomic mass is 35.5. The van der Waals surface area contributed by atoms with Crippen LogP contribution in [0.5, 0.6) is 0 Å². The van der Waals surface area contributed by atoms with Crippen LogP contribution in [0, 0.1) is 5.92 Å². The summed E-state index contributed by atoms with van der Waals surface area (Å²) in [6.45, 7) is 6.76. The number of morpholine rings is 1. The SMILES string of the molecule is CCCCCC=C1CCC(CN2CCOCC2)C1=O.Cl. The molecule has 2 fully saturated rings. The maximum Gasteiger partial charge on any atom is 0.162 e. The van der Waals surface area contributed by atoms with Crippen LogP contribution in [0.1, 0.15) is 45.4 Å². The molecular weight excluding hydrogens is 274 g/mol. The van der Waals surface area contributed by atoms with Gasteiger partial charge in [-0.2, -0.15) is 0 Å². The number of carbonyl (C=O) groups excluding carboxylic acids is 1. The van der Waals surface area contributed by atoms with E-state index in [9.17, 15) is 4.79 Å². The predicted octanol–water partition coefficient (Wildman–Crippen LogP) is 3.23. The second-order valence-electron chi connectivity index (χ2n) is 5.74. The molecule has 1 unspecified atom stereocenters. The molecule has 0 amide bonds. The molecule has 1 atom stereocenters. The van der Waals surface area contributed by atoms with Gasteiger partial charge < -0.3 is 4.74 Å². The summed E-state index contributed by atoms with van der Waals surface area (Å²) in [6.07, 6.45) is 9.08. The third kappa shape index (κ3) is 5.19. The lowest BCUT2D eigenvalue weighted by Gasteiger charge is -2.28. The zero-order valence-corrected chi connectivity index (χ0v) is 13.4. The van der Waals surface area contributed by atoms with Gasteiger partial charge in [0.2, 0.25) is 0 Å². The quantitative estimate of drug-likeness (QED) is 0.557. The molecule has 2 aliphatic rings. The van der Waals surface area contributed by atoms with E-state index >= 15 is 0 Å². The molecule has 0 spiro atoms. The Bertz CT molecular complexity index is 324. The van der Waals surface area contributed by atoms with Gasteiger partial charge in [0.25, 0.3) is 0 Å². The molecule has 1 saturated carbocycles. The Morgan fingerprint density at radius 3 is 2.75 bits per heavy atom. The summed E-state index contributed by atoms with van der Waals surface area (Å²) in [6, 6.07) is 0. The lowest BCUT2D eigenvalue weighted by Crippen LogP contribution is -2.40. The molecule has 1 heterocycles. The van der Waals surface area contributed by atoms with Crippen LogP contribution in [0.2, 0.25) is 0 Å². The van der Waals surface area contributed by atoms with Gasteiger partial charge in [0.15, 0.2) is 5.78 Å². The van der Waals surface area contributed by atoms with Crippen LogP contribution in [0.4, 0.5) is 0 Å². The van der Waals surface area contributed by atoms with E-state index in [0.717, 1.165) is 57.7 Å². The van der Waals surface area contributed by atoms with Gasteiger partial charge >= 0.3 is 0 Å². The van der Waals surface area contributed by atoms with Gasteiger partial charge in [-0.1, -0.05) is 25.8 Å². The summed E-state index contributed by atoms with van der Waals surface area (Å²) in [4.78, 5) is 14.7. The van der Waals surface area contributed by atoms with E-state index in [-0.39, 0.29) is 18.3 Å². The average Bonchev–Trinajstić information content (AvgIpc) is 2.78. The third-order valence-corrected chi connectivity index (χ3v) is 4.23. The van der Waals surface area contributed by atoms with Crippen LogP contribution in [-0.4, -0.2) is 43.5 Å². The number of rotatable bonds is 6. The highest BCUT2D eigenvalue weighted by Crippen LogP contribution is 2.28. The van der Waals surface area contributed by atoms with Crippen LogP contribution in [0.3, 0.4) is 0 Å². The van der Waals surface area contributed by atoms with Crippen LogP contribution in [-0.2, 0) is 9.53 Å². The Kier molecular flexibility index (Phi) is 8.43. The second kappa shape index (κ2) is 9.54. The van der Waals surface area contributed by atoms with Crippen molar-refractivity contribution < 1.29 is 9.53 Å². The van der Waals surface area contributed by atoms with Crippen molar-refractivity contribution >= 4 is 18.2 Å². The smallest absolute Gasteiger partial charge is 0.162 e. The van der Waals surface area contributed by atoms with E-state index in [1.165, 1.54) is 19.3 Å². The van der Waals surface area contributed by atoms with Gasteiger partial charge in [0.05, 0.1) is 13.2 Å². The van der Waals surface area contributed by atoms with Crippen LogP contribution in [0.25, 0.3) is 0 Å². The first kappa shape index (κ1) is 17.7. The Balaban J connectivity index is 0.00000200. The van der Waals surface area contributed by atoms with E-state index in [2.05, 4.69) is 17.9 Å². The number of hydrogen-bond acceptors (Lipinski definition) is 3. The van der Waals surface area contributed by atoms with Gasteiger partial charge in [-0.15, -0.1) is 12.4 Å². The van der Waals surface area contributed by atoms with Gasteiger partial charge in [0, 0.05) is 25.6 Å². The molecule has 0 N–H and O–H groups in total. The first-order chi connectivity index (χ1) is 9.31. The molecule has 1 saturated heterocycles. The van der Waals surface area contributed by atoms with Crippen LogP contribution >= 0.6 is 12.4 Å². The molecule has 2 rings (SSSR count). The van der Waals surface area contributed by atoms with Gasteiger partial charge in [0.1, 0.15) is 0 Å². The number of allylic oxidation sites excluding steroid dienone is 2. The summed E-state index contributed by atoms with van der Waals surface area (Å²) in [5, 5.41) is 0. The predicted molar refractivity (Wildman–Crippen MR) is 84.5 cm³/mol. The van der Waals surface area contributed by atoms with E-state index in [1.54, 1.807) is 0 Å². The summed E-state index contributed by atoms with van der Waals surface area (Å²) < 4.78 is 5.35. The number of nitrogens with zero attached hydrogens (tertiary/aromatic N) is 1. The molecular formula is C16H28ClNO2. The third-order valence-electron chi connectivity index (χ3n) is 4.23. The molecule has 0 aromatic carbocycles. The van der Waals surface area contributed by atoms with Gasteiger partial charge in [-0.3, -0.25) is 9.69 Å². The number of Topliss-reactive ketones (excluding diaryl/α,β-unsaturated/α-hetero) is 1. The van der Waals surface area contributed by atoms with Crippen molar-refractivity contribution in [2.45, 2.75) is 45.4 Å². The Hall–Kier alpha value is -0.380. The normalized spacial score (nSPS) is 25.9. The molecule has 0 radical (unpaired) electrons. The van der Waals surface area contributed by atoms with E-state index in [4.69, 9.17) is 4.74 Å². The number of ether oxygens (including phenoxy) is 1. The van der Waals surface area contributed by atoms with Crippen LogP contribution < -0.4 is 0 Å². The number of carbonyl (C=O) groups is 1. The minimum Gasteiger partial charge on any atom is -0.379 e. The monoisotopic (exact) mass is 301 g/mol. The van der Waals surface area contributed by atoms with Crippen molar-refractivity contribution in [3.8, 4) is 0 Å². The molecule has 0 aromatic heterocycles. The van der Waals surface area contributed by atoms with E-state index in [1.807, 2.05) is 0 Å². The summed E-state index contributed by atoms with van der Waals surface area (Å²) in [5.41, 5.74) is 1.11. The topological polar surface area (TPSA) is 29.5 Å². The summed E-state index contributed by atoms with van der Waals surface area (Å²) in [7, 11) is 0. The molecule has 1 aliphatic carbocycles. The number of unbranched alkanes of at least 4 members (excludes halogenated alkanes) is 3. The van der Waals surface area contributed by atoms with Crippen molar-refractivity contribution in [2.75, 3.05) is 32.8 Å². The summed E-state index contributed by atoms with van der Waals surface area (Å²) in [5.74, 6) is 0.665. The van der Waals surface area contributed by atoms with E-state index < -0.39 is 0 Å². The minimum absolute atomic E-state index is 0. The number of hydrogen-bond donors (Lipinski definition) is 0. The largest absolute Gasteiger partial charge is 0.379 e. The van der Waals surface area contributed by atoms with Crippen molar-refractivity contribution in [1.29, 1.82) is 0 Å². The molecule has 1 aliphatic heterocycles. The molecule has 116 valence electrons. The van der Waals surface area contributed by atoms with Crippen molar-refractivity contribution in [3.05, 3.63) is 11.6 Å². The van der Waals surface area contributed by atoms with Crippen molar-refractivity contribution in [1.82, 2.24) is 4.90 Å². The number of ketones is 1. The van der Waals surface area contributed by atoms with Gasteiger partial charge in [-0.05, 0) is 31.3 Å². The van der Waals surface area contributed by atoms with Crippen molar-refractivity contribution in [2.24, 2.45) is 5.92 Å². The van der Waals surface area contributed by atoms with E-state index in [0.29, 0.717) is 5.78 Å². The fourth-order valence-electron chi connectivity index (χ4n) is 2.99. The molecule has 0 bridgehead atoms. The Labute approximate surface area is 129 Å². The molecule has 0 aromatic rings. The fourth-order valence-corrected chi connectivity index (χ4v) is 2.99. The first-order valence-corrected chi connectivity index (χ1v) is 7.84. The zero-order valence-electron chi connectivity index (χ0n) is 12.6. The number of halogens is 1. The van der Waals surface area contributed by atoms with Crippen molar-refractivity contribution in [3.63, 3.8) is 0 Å².